The van der Waals surface area contributed by atoms with Gasteiger partial charge >= 0.3 is 0 Å². The first kappa shape index (κ1) is 22.5. The molecular weight excluding hydrogens is 463 g/mol. The molecule has 0 saturated carbocycles. The molecule has 32 heavy (non-hydrogen) atoms. The second-order valence-electron chi connectivity index (χ2n) is 7.56. The van der Waals surface area contributed by atoms with Gasteiger partial charge in [0.2, 0.25) is 0 Å². The average molecular weight is 485 g/mol. The first-order chi connectivity index (χ1) is 15.3. The summed E-state index contributed by atoms with van der Waals surface area (Å²) in [4.78, 5) is 19.7. The Morgan fingerprint density at radius 2 is 1.94 bits per heavy atom. The van der Waals surface area contributed by atoms with E-state index in [4.69, 9.17) is 28.2 Å². The van der Waals surface area contributed by atoms with E-state index in [-0.39, 0.29) is 5.91 Å². The second-order valence-corrected chi connectivity index (χ2v) is 9.41. The zero-order chi connectivity index (χ0) is 22.8. The number of fused-ring (bicyclic) bond motifs is 1. The summed E-state index contributed by atoms with van der Waals surface area (Å²) in [6.45, 7) is 6.92. The second kappa shape index (κ2) is 9.45. The fourth-order valence-electron chi connectivity index (χ4n) is 3.52. The Balaban J connectivity index is 1.67. The van der Waals surface area contributed by atoms with Crippen molar-refractivity contribution in [3.63, 3.8) is 0 Å². The van der Waals surface area contributed by atoms with Crippen LogP contribution in [0.2, 0.25) is 10.0 Å². The van der Waals surface area contributed by atoms with Gasteiger partial charge in [-0.15, -0.1) is 0 Å². The van der Waals surface area contributed by atoms with E-state index in [9.17, 15) is 4.79 Å². The summed E-state index contributed by atoms with van der Waals surface area (Å²) in [6, 6.07) is 13.2. The van der Waals surface area contributed by atoms with Gasteiger partial charge in [0.05, 0.1) is 22.5 Å². The summed E-state index contributed by atoms with van der Waals surface area (Å²) in [5.41, 5.74) is 4.62. The van der Waals surface area contributed by atoms with Crippen LogP contribution in [0, 0.1) is 20.8 Å². The highest BCUT2D eigenvalue weighted by Crippen LogP contribution is 2.33. The van der Waals surface area contributed by atoms with Crippen LogP contribution in [-0.2, 0) is 11.3 Å². The van der Waals surface area contributed by atoms with Crippen LogP contribution in [0.4, 0.5) is 5.13 Å². The first-order valence-corrected chi connectivity index (χ1v) is 11.7. The Labute approximate surface area is 200 Å². The van der Waals surface area contributed by atoms with Crippen molar-refractivity contribution < 1.29 is 4.79 Å². The van der Waals surface area contributed by atoms with Gasteiger partial charge in [-0.1, -0.05) is 52.7 Å². The van der Waals surface area contributed by atoms with E-state index < -0.39 is 0 Å². The maximum Gasteiger partial charge on any atom is 0.252 e. The first-order valence-electron chi connectivity index (χ1n) is 10.1. The number of nitrogens with zero attached hydrogens (tertiary/aromatic N) is 4. The molecule has 2 aromatic carbocycles. The monoisotopic (exact) mass is 484 g/mol. The summed E-state index contributed by atoms with van der Waals surface area (Å²) < 4.78 is 2.85. The van der Waals surface area contributed by atoms with Crippen LogP contribution >= 0.6 is 34.5 Å². The highest BCUT2D eigenvalue weighted by Gasteiger charge is 2.19. The molecule has 4 rings (SSSR count). The van der Waals surface area contributed by atoms with Crippen molar-refractivity contribution >= 4 is 61.9 Å². The highest BCUT2D eigenvalue weighted by molar-refractivity contribution is 7.22. The number of benzene rings is 2. The van der Waals surface area contributed by atoms with E-state index in [1.54, 1.807) is 17.0 Å². The van der Waals surface area contributed by atoms with E-state index in [1.807, 2.05) is 61.9 Å². The molecule has 2 aromatic heterocycles. The summed E-state index contributed by atoms with van der Waals surface area (Å²) in [5, 5.41) is 6.39. The van der Waals surface area contributed by atoms with E-state index in [2.05, 4.69) is 5.10 Å². The molecule has 0 atom stereocenters. The Morgan fingerprint density at radius 1 is 1.16 bits per heavy atom. The summed E-state index contributed by atoms with van der Waals surface area (Å²) in [5.74, 6) is -0.172. The van der Waals surface area contributed by atoms with Crippen LogP contribution in [0.15, 0.2) is 48.5 Å². The van der Waals surface area contributed by atoms with Gasteiger partial charge in [0.1, 0.15) is 0 Å². The fourth-order valence-corrected chi connectivity index (χ4v) is 5.17. The number of aryl methyl sites for hydroxylation is 3. The molecule has 1 amide bonds. The van der Waals surface area contributed by atoms with Crippen molar-refractivity contribution in [3.8, 4) is 0 Å². The smallest absolute Gasteiger partial charge is 0.252 e. The van der Waals surface area contributed by atoms with Gasteiger partial charge in [-0.05, 0) is 62.2 Å². The van der Waals surface area contributed by atoms with E-state index in [1.165, 1.54) is 17.4 Å². The van der Waals surface area contributed by atoms with Crippen molar-refractivity contribution in [2.75, 3.05) is 11.4 Å². The number of amides is 1. The number of carbonyl (C=O) groups excluding carboxylic acids is 1. The predicted molar refractivity (Wildman–Crippen MR) is 134 cm³/mol. The molecule has 0 saturated heterocycles. The van der Waals surface area contributed by atoms with Gasteiger partial charge in [0.15, 0.2) is 5.13 Å². The maximum absolute atomic E-state index is 13.3. The molecule has 8 heteroatoms. The topological polar surface area (TPSA) is 51.0 Å². The number of thiazole rings is 1. The number of hydrogen-bond donors (Lipinski definition) is 0. The van der Waals surface area contributed by atoms with Crippen LogP contribution in [0.5, 0.6) is 0 Å². The number of anilines is 1. The molecule has 0 aliphatic carbocycles. The standard InChI is InChI=1S/C24H22Cl2N4OS/c1-15-12-19(25)14-21-23(15)27-24(32-21)29(10-11-30-17(3)13-16(2)28-30)22(31)9-8-18-6-4-5-7-20(18)26/h4-9,12-14H,10-11H2,1-3H3/b9-8+. The number of halogens is 2. The molecule has 0 fully saturated rings. The minimum absolute atomic E-state index is 0.172. The predicted octanol–water partition coefficient (Wildman–Crippen LogP) is 6.47. The van der Waals surface area contributed by atoms with E-state index >= 15 is 0 Å². The molecule has 0 aliphatic heterocycles. The third kappa shape index (κ3) is 4.88. The molecule has 2 heterocycles. The third-order valence-electron chi connectivity index (χ3n) is 5.09. The molecule has 4 aromatic rings. The Bertz CT molecular complexity index is 1330. The Hall–Kier alpha value is -2.67. The summed E-state index contributed by atoms with van der Waals surface area (Å²) in [7, 11) is 0. The largest absolute Gasteiger partial charge is 0.283 e. The number of carbonyl (C=O) groups is 1. The lowest BCUT2D eigenvalue weighted by molar-refractivity contribution is -0.114. The summed E-state index contributed by atoms with van der Waals surface area (Å²) >= 11 is 13.9. The zero-order valence-electron chi connectivity index (χ0n) is 18.0. The third-order valence-corrected chi connectivity index (χ3v) is 6.67. The molecule has 0 spiro atoms. The Morgan fingerprint density at radius 3 is 2.66 bits per heavy atom. The van der Waals surface area contributed by atoms with Crippen molar-refractivity contribution in [1.82, 2.24) is 14.8 Å². The molecule has 0 aliphatic rings. The van der Waals surface area contributed by atoms with Gasteiger partial charge < -0.3 is 0 Å². The Kier molecular flexibility index (Phi) is 6.65. The molecule has 164 valence electrons. The van der Waals surface area contributed by atoms with Gasteiger partial charge in [-0.3, -0.25) is 14.4 Å². The molecule has 0 unspecified atom stereocenters. The lowest BCUT2D eigenvalue weighted by Crippen LogP contribution is -2.33. The van der Waals surface area contributed by atoms with E-state index in [0.717, 1.165) is 32.7 Å². The van der Waals surface area contributed by atoms with Crippen molar-refractivity contribution in [2.24, 2.45) is 0 Å². The molecule has 0 radical (unpaired) electrons. The number of hydrogen-bond acceptors (Lipinski definition) is 4. The highest BCUT2D eigenvalue weighted by atomic mass is 35.5. The van der Waals surface area contributed by atoms with Gasteiger partial charge in [0.25, 0.3) is 5.91 Å². The molecule has 0 bridgehead atoms. The molecule has 5 nitrogen and oxygen atoms in total. The zero-order valence-corrected chi connectivity index (χ0v) is 20.3. The van der Waals surface area contributed by atoms with Crippen molar-refractivity contribution in [1.29, 1.82) is 0 Å². The SMILES string of the molecule is Cc1cc(C)n(CCN(C(=O)/C=C/c2ccccc2Cl)c2nc3c(C)cc(Cl)cc3s2)n1. The molecular formula is C24H22Cl2N4OS. The van der Waals surface area contributed by atoms with Crippen LogP contribution in [0.3, 0.4) is 0 Å². The van der Waals surface area contributed by atoms with Crippen LogP contribution in [0.25, 0.3) is 16.3 Å². The maximum atomic E-state index is 13.3. The van der Waals surface area contributed by atoms with Crippen molar-refractivity contribution in [3.05, 3.63) is 81.1 Å². The molecule has 0 N–H and O–H groups in total. The fraction of sp³-hybridized carbons (Fsp3) is 0.208. The lowest BCUT2D eigenvalue weighted by atomic mass is 10.2. The lowest BCUT2D eigenvalue weighted by Gasteiger charge is -2.18. The number of aromatic nitrogens is 3. The van der Waals surface area contributed by atoms with E-state index in [0.29, 0.717) is 28.3 Å². The van der Waals surface area contributed by atoms with Gasteiger partial charge in [-0.2, -0.15) is 5.10 Å². The van der Waals surface area contributed by atoms with Crippen LogP contribution in [-0.4, -0.2) is 27.2 Å². The van der Waals surface area contributed by atoms with Crippen molar-refractivity contribution in [2.45, 2.75) is 27.3 Å². The van der Waals surface area contributed by atoms with Crippen LogP contribution in [0.1, 0.15) is 22.5 Å². The quantitative estimate of drug-likeness (QED) is 0.294. The van der Waals surface area contributed by atoms with Crippen LogP contribution < -0.4 is 4.90 Å². The van der Waals surface area contributed by atoms with Gasteiger partial charge in [-0.25, -0.2) is 4.98 Å². The van der Waals surface area contributed by atoms with Gasteiger partial charge in [0, 0.05) is 28.4 Å². The minimum atomic E-state index is -0.172. The normalized spacial score (nSPS) is 11.5. The number of rotatable bonds is 6. The summed E-state index contributed by atoms with van der Waals surface area (Å²) in [6.07, 6.45) is 3.27. The average Bonchev–Trinajstić information content (AvgIpc) is 3.30. The minimum Gasteiger partial charge on any atom is -0.283 e.